The molecule has 162 valence electrons. The van der Waals surface area contributed by atoms with E-state index in [0.29, 0.717) is 10.8 Å². The van der Waals surface area contributed by atoms with Gasteiger partial charge in [0, 0.05) is 17.8 Å². The highest BCUT2D eigenvalue weighted by Gasteiger charge is 2.41. The van der Waals surface area contributed by atoms with Crippen LogP contribution >= 0.6 is 11.8 Å². The summed E-state index contributed by atoms with van der Waals surface area (Å²) in [7, 11) is 0. The van der Waals surface area contributed by atoms with Gasteiger partial charge in [-0.15, -0.1) is 0 Å². The smallest absolute Gasteiger partial charge is 0.329 e. The number of fused-ring (bicyclic) bond motifs is 1. The molecule has 30 heavy (non-hydrogen) atoms. The van der Waals surface area contributed by atoms with E-state index in [2.05, 4.69) is 44.7 Å². The molecule has 6 nitrogen and oxygen atoms in total. The molecule has 1 fully saturated rings. The van der Waals surface area contributed by atoms with E-state index in [1.54, 1.807) is 13.0 Å². The fraction of sp³-hybridized carbons (Fsp3) is 0.522. The molecule has 1 aromatic carbocycles. The third-order valence-corrected chi connectivity index (χ3v) is 6.75. The van der Waals surface area contributed by atoms with Crippen molar-refractivity contribution in [2.75, 3.05) is 18.1 Å². The summed E-state index contributed by atoms with van der Waals surface area (Å²) in [5.74, 6) is -0.636. The highest BCUT2D eigenvalue weighted by molar-refractivity contribution is 8.18. The maximum absolute atomic E-state index is 12.8. The van der Waals surface area contributed by atoms with Crippen LogP contribution in [0.4, 0.5) is 10.5 Å². The van der Waals surface area contributed by atoms with Gasteiger partial charge in [0.05, 0.1) is 11.5 Å². The Labute approximate surface area is 182 Å². The zero-order valence-corrected chi connectivity index (χ0v) is 19.3. The predicted molar refractivity (Wildman–Crippen MR) is 120 cm³/mol. The van der Waals surface area contributed by atoms with Crippen molar-refractivity contribution in [2.45, 2.75) is 65.5 Å². The van der Waals surface area contributed by atoms with Crippen molar-refractivity contribution >= 4 is 40.6 Å². The Balaban J connectivity index is 1.90. The molecule has 0 aromatic heterocycles. The molecule has 1 aromatic rings. The van der Waals surface area contributed by atoms with Crippen molar-refractivity contribution in [3.05, 3.63) is 34.2 Å². The average Bonchev–Trinajstić information content (AvgIpc) is 2.94. The summed E-state index contributed by atoms with van der Waals surface area (Å²) < 4.78 is 4.96. The summed E-state index contributed by atoms with van der Waals surface area (Å²) in [4.78, 5) is 40.9. The van der Waals surface area contributed by atoms with Crippen LogP contribution < -0.4 is 4.90 Å². The molecule has 0 radical (unpaired) electrons. The fourth-order valence-corrected chi connectivity index (χ4v) is 5.44. The topological polar surface area (TPSA) is 66.9 Å². The van der Waals surface area contributed by atoms with Gasteiger partial charge in [0.1, 0.15) is 6.04 Å². The number of rotatable bonds is 5. The first-order valence-corrected chi connectivity index (χ1v) is 11.3. The highest BCUT2D eigenvalue weighted by atomic mass is 32.2. The van der Waals surface area contributed by atoms with Gasteiger partial charge in [0.25, 0.3) is 11.1 Å². The SMILES string of the molecule is CCOC(=O)C(C)N1C(=O)S/C(=C/c2ccc3c(c2)C(C)CC(C)(C)N3CC)C1=O. The number of ether oxygens (including phenoxy) is 1. The Morgan fingerprint density at radius 3 is 2.67 bits per heavy atom. The van der Waals surface area contributed by atoms with Crippen LogP contribution in [0.2, 0.25) is 0 Å². The lowest BCUT2D eigenvalue weighted by molar-refractivity contribution is -0.150. The second kappa shape index (κ2) is 8.46. The minimum absolute atomic E-state index is 0.0918. The Hall–Kier alpha value is -2.28. The van der Waals surface area contributed by atoms with Crippen LogP contribution in [0.5, 0.6) is 0 Å². The van der Waals surface area contributed by atoms with Crippen LogP contribution in [0.1, 0.15) is 65.0 Å². The molecule has 7 heteroatoms. The van der Waals surface area contributed by atoms with E-state index in [0.717, 1.165) is 35.2 Å². The lowest BCUT2D eigenvalue weighted by Gasteiger charge is -2.47. The number of hydrogen-bond donors (Lipinski definition) is 0. The van der Waals surface area contributed by atoms with Crippen molar-refractivity contribution in [1.29, 1.82) is 0 Å². The molecule has 1 saturated heterocycles. The van der Waals surface area contributed by atoms with Gasteiger partial charge in [-0.3, -0.25) is 14.5 Å². The molecule has 0 N–H and O–H groups in total. The minimum atomic E-state index is -0.938. The molecule has 0 saturated carbocycles. The molecule has 3 rings (SSSR count). The number of thioether (sulfide) groups is 1. The number of benzene rings is 1. The molecular formula is C23H30N2O4S. The molecule has 2 aliphatic heterocycles. The maximum atomic E-state index is 12.8. The summed E-state index contributed by atoms with van der Waals surface area (Å²) in [6.45, 7) is 13.3. The van der Waals surface area contributed by atoms with Crippen LogP contribution in [-0.4, -0.2) is 46.7 Å². The molecule has 2 atom stereocenters. The van der Waals surface area contributed by atoms with Gasteiger partial charge in [-0.25, -0.2) is 4.79 Å². The molecule has 0 bridgehead atoms. The van der Waals surface area contributed by atoms with Crippen molar-refractivity contribution < 1.29 is 19.1 Å². The van der Waals surface area contributed by atoms with Crippen molar-refractivity contribution in [1.82, 2.24) is 4.90 Å². The van der Waals surface area contributed by atoms with Crippen LogP contribution in [0.3, 0.4) is 0 Å². The first-order valence-electron chi connectivity index (χ1n) is 10.5. The van der Waals surface area contributed by atoms with E-state index < -0.39 is 23.2 Å². The van der Waals surface area contributed by atoms with Gasteiger partial charge in [-0.1, -0.05) is 13.0 Å². The first-order chi connectivity index (χ1) is 14.1. The Bertz CT molecular complexity index is 908. The number of esters is 1. The maximum Gasteiger partial charge on any atom is 0.329 e. The van der Waals surface area contributed by atoms with E-state index >= 15 is 0 Å². The van der Waals surface area contributed by atoms with Gasteiger partial charge >= 0.3 is 5.97 Å². The Kier molecular flexibility index (Phi) is 6.32. The Morgan fingerprint density at radius 1 is 1.33 bits per heavy atom. The van der Waals surface area contributed by atoms with Gasteiger partial charge in [-0.2, -0.15) is 0 Å². The number of amides is 2. The number of imide groups is 1. The van der Waals surface area contributed by atoms with Crippen molar-refractivity contribution in [3.8, 4) is 0 Å². The predicted octanol–water partition coefficient (Wildman–Crippen LogP) is 4.79. The van der Waals surface area contributed by atoms with Crippen molar-refractivity contribution in [3.63, 3.8) is 0 Å². The molecule has 2 amide bonds. The van der Waals surface area contributed by atoms with Crippen LogP contribution in [0, 0.1) is 0 Å². The molecule has 2 heterocycles. The summed E-state index contributed by atoms with van der Waals surface area (Å²) >= 11 is 0.864. The molecule has 2 unspecified atom stereocenters. The van der Waals surface area contributed by atoms with Gasteiger partial charge in [-0.05, 0) is 88.1 Å². The number of hydrogen-bond acceptors (Lipinski definition) is 6. The first kappa shape index (κ1) is 22.4. The van der Waals surface area contributed by atoms with Gasteiger partial charge in [0.2, 0.25) is 0 Å². The molecular weight excluding hydrogens is 400 g/mol. The van der Waals surface area contributed by atoms with Crippen molar-refractivity contribution in [2.24, 2.45) is 0 Å². The average molecular weight is 431 g/mol. The van der Waals surface area contributed by atoms with Crippen LogP contribution in [0.15, 0.2) is 23.1 Å². The summed E-state index contributed by atoms with van der Waals surface area (Å²) in [5, 5.41) is -0.447. The van der Waals surface area contributed by atoms with E-state index in [9.17, 15) is 14.4 Å². The second-order valence-electron chi connectivity index (χ2n) is 8.46. The summed E-state index contributed by atoms with van der Waals surface area (Å²) in [6, 6.07) is 5.26. The zero-order chi connectivity index (χ0) is 22.2. The van der Waals surface area contributed by atoms with E-state index in [4.69, 9.17) is 4.74 Å². The third-order valence-electron chi connectivity index (χ3n) is 5.86. The standard InChI is InChI=1S/C23H30N2O4S/c1-7-24-18-10-9-16(11-17(18)14(3)13-23(24,5)6)12-19-20(26)25(22(28)30-19)15(4)21(27)29-8-2/h9-12,14-15H,7-8,13H2,1-6H3/b19-12+. The summed E-state index contributed by atoms with van der Waals surface area (Å²) in [6.07, 6.45) is 2.79. The molecule has 0 spiro atoms. The van der Waals surface area contributed by atoms with Crippen LogP contribution in [-0.2, 0) is 14.3 Å². The monoisotopic (exact) mass is 430 g/mol. The minimum Gasteiger partial charge on any atom is -0.464 e. The number of carbonyl (C=O) groups is 3. The van der Waals surface area contributed by atoms with Gasteiger partial charge in [0.15, 0.2) is 0 Å². The fourth-order valence-electron chi connectivity index (χ4n) is 4.53. The summed E-state index contributed by atoms with van der Waals surface area (Å²) in [5.41, 5.74) is 3.45. The van der Waals surface area contributed by atoms with Gasteiger partial charge < -0.3 is 9.64 Å². The van der Waals surface area contributed by atoms with E-state index in [1.165, 1.54) is 18.2 Å². The number of nitrogens with zero attached hydrogens (tertiary/aromatic N) is 2. The normalized spacial score (nSPS) is 23.0. The molecule has 2 aliphatic rings. The number of carbonyl (C=O) groups excluding carboxylic acids is 3. The zero-order valence-electron chi connectivity index (χ0n) is 18.5. The largest absolute Gasteiger partial charge is 0.464 e. The van der Waals surface area contributed by atoms with E-state index in [1.807, 2.05) is 6.07 Å². The van der Waals surface area contributed by atoms with E-state index in [-0.39, 0.29) is 12.1 Å². The number of anilines is 1. The Morgan fingerprint density at radius 2 is 2.03 bits per heavy atom. The van der Waals surface area contributed by atoms with Crippen LogP contribution in [0.25, 0.3) is 6.08 Å². The lowest BCUT2D eigenvalue weighted by Crippen LogP contribution is -2.48. The quantitative estimate of drug-likeness (QED) is 0.494. The third kappa shape index (κ3) is 4.00. The highest BCUT2D eigenvalue weighted by Crippen LogP contribution is 2.44. The second-order valence-corrected chi connectivity index (χ2v) is 9.45. The lowest BCUT2D eigenvalue weighted by atomic mass is 9.79. The molecule has 0 aliphatic carbocycles.